The van der Waals surface area contributed by atoms with E-state index in [1.165, 1.54) is 6.20 Å². The standard InChI is InChI=1S/C13H6BrN3O2/c14-8-1-2-9-11(3-8)17-6-7(4-15)12(9)10(5-16)13(18)19/h1-3,6,10H,(H,18,19). The Morgan fingerprint density at radius 1 is 1.42 bits per heavy atom. The Morgan fingerprint density at radius 3 is 2.74 bits per heavy atom. The van der Waals surface area contributed by atoms with E-state index in [-0.39, 0.29) is 11.1 Å². The number of benzene rings is 1. The second-order valence-corrected chi connectivity index (χ2v) is 4.67. The molecule has 0 aliphatic carbocycles. The first-order valence-electron chi connectivity index (χ1n) is 5.19. The van der Waals surface area contributed by atoms with Crippen molar-refractivity contribution < 1.29 is 9.90 Å². The van der Waals surface area contributed by atoms with Crippen molar-refractivity contribution in [1.29, 1.82) is 10.5 Å². The van der Waals surface area contributed by atoms with Gasteiger partial charge in [0, 0.05) is 21.6 Å². The number of hydrogen-bond acceptors (Lipinski definition) is 4. The average molecular weight is 316 g/mol. The molecule has 0 bridgehead atoms. The van der Waals surface area contributed by atoms with E-state index in [4.69, 9.17) is 15.6 Å². The Labute approximate surface area is 116 Å². The summed E-state index contributed by atoms with van der Waals surface area (Å²) < 4.78 is 0.784. The maximum atomic E-state index is 11.1. The predicted molar refractivity (Wildman–Crippen MR) is 70.1 cm³/mol. The first-order valence-corrected chi connectivity index (χ1v) is 5.98. The van der Waals surface area contributed by atoms with Gasteiger partial charge < -0.3 is 5.11 Å². The fourth-order valence-corrected chi connectivity index (χ4v) is 2.18. The third-order valence-corrected chi connectivity index (χ3v) is 3.15. The highest BCUT2D eigenvalue weighted by atomic mass is 79.9. The molecule has 1 atom stereocenters. The molecule has 5 nitrogen and oxygen atoms in total. The highest BCUT2D eigenvalue weighted by molar-refractivity contribution is 9.10. The van der Waals surface area contributed by atoms with Gasteiger partial charge in [0.25, 0.3) is 0 Å². The molecule has 92 valence electrons. The maximum absolute atomic E-state index is 11.1. The second-order valence-electron chi connectivity index (χ2n) is 3.76. The molecule has 6 heteroatoms. The summed E-state index contributed by atoms with van der Waals surface area (Å²) in [7, 11) is 0. The molecule has 1 N–H and O–H groups in total. The van der Waals surface area contributed by atoms with Crippen molar-refractivity contribution in [3.8, 4) is 12.1 Å². The van der Waals surface area contributed by atoms with Crippen molar-refractivity contribution in [2.45, 2.75) is 5.92 Å². The zero-order valence-electron chi connectivity index (χ0n) is 9.46. The largest absolute Gasteiger partial charge is 0.480 e. The quantitative estimate of drug-likeness (QED) is 0.918. The Bertz CT molecular complexity index is 759. The monoisotopic (exact) mass is 315 g/mol. The second kappa shape index (κ2) is 5.05. The van der Waals surface area contributed by atoms with E-state index in [2.05, 4.69) is 20.9 Å². The van der Waals surface area contributed by atoms with E-state index in [9.17, 15) is 4.79 Å². The predicted octanol–water partition coefficient (Wildman–Crippen LogP) is 2.56. The summed E-state index contributed by atoms with van der Waals surface area (Å²) in [5.74, 6) is -2.67. The molecule has 0 spiro atoms. The third-order valence-electron chi connectivity index (χ3n) is 2.66. The molecular weight excluding hydrogens is 310 g/mol. The Kier molecular flexibility index (Phi) is 3.46. The summed E-state index contributed by atoms with van der Waals surface area (Å²) >= 11 is 3.29. The number of carboxylic acids is 1. The van der Waals surface area contributed by atoms with E-state index in [0.717, 1.165) is 4.47 Å². The van der Waals surface area contributed by atoms with Gasteiger partial charge in [-0.1, -0.05) is 22.0 Å². The lowest BCUT2D eigenvalue weighted by Gasteiger charge is -2.10. The summed E-state index contributed by atoms with van der Waals surface area (Å²) in [6, 6.07) is 8.66. The average Bonchev–Trinajstić information content (AvgIpc) is 2.39. The van der Waals surface area contributed by atoms with Crippen LogP contribution in [0, 0.1) is 22.7 Å². The summed E-state index contributed by atoms with van der Waals surface area (Å²) in [6.07, 6.45) is 1.29. The number of pyridine rings is 1. The van der Waals surface area contributed by atoms with E-state index in [1.807, 2.05) is 6.07 Å². The molecule has 0 aliphatic rings. The van der Waals surface area contributed by atoms with Crippen LogP contribution in [0.5, 0.6) is 0 Å². The van der Waals surface area contributed by atoms with Crippen LogP contribution in [0.2, 0.25) is 0 Å². The maximum Gasteiger partial charge on any atom is 0.325 e. The van der Waals surface area contributed by atoms with Crippen molar-refractivity contribution in [1.82, 2.24) is 4.98 Å². The molecule has 0 radical (unpaired) electrons. The molecule has 0 saturated heterocycles. The van der Waals surface area contributed by atoms with Crippen LogP contribution in [0.25, 0.3) is 10.9 Å². The number of aliphatic carboxylic acids is 1. The molecule has 0 aliphatic heterocycles. The lowest BCUT2D eigenvalue weighted by molar-refractivity contribution is -0.137. The highest BCUT2D eigenvalue weighted by Crippen LogP contribution is 2.29. The van der Waals surface area contributed by atoms with Crippen LogP contribution in [-0.4, -0.2) is 16.1 Å². The summed E-state index contributed by atoms with van der Waals surface area (Å²) in [4.78, 5) is 15.2. The van der Waals surface area contributed by atoms with E-state index >= 15 is 0 Å². The van der Waals surface area contributed by atoms with Gasteiger partial charge in [-0.15, -0.1) is 0 Å². The van der Waals surface area contributed by atoms with Crippen LogP contribution < -0.4 is 0 Å². The van der Waals surface area contributed by atoms with Crippen LogP contribution in [0.1, 0.15) is 17.0 Å². The van der Waals surface area contributed by atoms with Crippen molar-refractivity contribution in [3.63, 3.8) is 0 Å². The number of rotatable bonds is 2. The molecule has 0 fully saturated rings. The fraction of sp³-hybridized carbons (Fsp3) is 0.0769. The van der Waals surface area contributed by atoms with Crippen LogP contribution in [0.15, 0.2) is 28.9 Å². The highest BCUT2D eigenvalue weighted by Gasteiger charge is 2.25. The van der Waals surface area contributed by atoms with E-state index in [0.29, 0.717) is 10.9 Å². The first kappa shape index (κ1) is 13.0. The van der Waals surface area contributed by atoms with Gasteiger partial charge in [0.05, 0.1) is 17.1 Å². The number of carbonyl (C=O) groups is 1. The molecule has 1 heterocycles. The minimum atomic E-state index is -1.39. The lowest BCUT2D eigenvalue weighted by Crippen LogP contribution is -2.12. The zero-order valence-corrected chi connectivity index (χ0v) is 11.0. The van der Waals surface area contributed by atoms with Gasteiger partial charge >= 0.3 is 5.97 Å². The minimum absolute atomic E-state index is 0.101. The molecule has 0 amide bonds. The van der Waals surface area contributed by atoms with Gasteiger partial charge in [0.15, 0.2) is 5.92 Å². The SMILES string of the molecule is N#Cc1cnc2cc(Br)ccc2c1C(C#N)C(=O)O. The lowest BCUT2D eigenvalue weighted by atomic mass is 9.93. The Balaban J connectivity index is 2.87. The summed E-state index contributed by atoms with van der Waals surface area (Å²) in [6.45, 7) is 0. The van der Waals surface area contributed by atoms with Gasteiger partial charge in [0.2, 0.25) is 0 Å². The van der Waals surface area contributed by atoms with Gasteiger partial charge in [0.1, 0.15) is 6.07 Å². The van der Waals surface area contributed by atoms with Crippen LogP contribution in [0.4, 0.5) is 0 Å². The number of carboxylic acid groups (broad SMARTS) is 1. The molecule has 2 rings (SSSR count). The summed E-state index contributed by atoms with van der Waals surface area (Å²) in [5, 5.41) is 27.7. The number of aromatic nitrogens is 1. The summed E-state index contributed by atoms with van der Waals surface area (Å²) in [5.41, 5.74) is 0.823. The van der Waals surface area contributed by atoms with Crippen LogP contribution >= 0.6 is 15.9 Å². The normalized spacial score (nSPS) is 11.5. The Hall–Kier alpha value is -2.44. The molecule has 2 aromatic rings. The number of fused-ring (bicyclic) bond motifs is 1. The smallest absolute Gasteiger partial charge is 0.325 e. The van der Waals surface area contributed by atoms with Crippen molar-refractivity contribution in [2.75, 3.05) is 0 Å². The molecule has 19 heavy (non-hydrogen) atoms. The van der Waals surface area contributed by atoms with Crippen molar-refractivity contribution in [2.24, 2.45) is 0 Å². The Morgan fingerprint density at radius 2 is 2.16 bits per heavy atom. The van der Waals surface area contributed by atoms with Gasteiger partial charge in [-0.3, -0.25) is 9.78 Å². The fourth-order valence-electron chi connectivity index (χ4n) is 1.83. The van der Waals surface area contributed by atoms with Crippen molar-refractivity contribution in [3.05, 3.63) is 40.0 Å². The van der Waals surface area contributed by atoms with Crippen LogP contribution in [0.3, 0.4) is 0 Å². The minimum Gasteiger partial charge on any atom is -0.480 e. The molecular formula is C13H6BrN3O2. The molecule has 1 aromatic heterocycles. The van der Waals surface area contributed by atoms with Crippen molar-refractivity contribution >= 4 is 32.8 Å². The number of hydrogen-bond donors (Lipinski definition) is 1. The van der Waals surface area contributed by atoms with E-state index < -0.39 is 11.9 Å². The van der Waals surface area contributed by atoms with Gasteiger partial charge in [-0.05, 0) is 12.1 Å². The van der Waals surface area contributed by atoms with Crippen LogP contribution in [-0.2, 0) is 4.79 Å². The molecule has 1 unspecified atom stereocenters. The number of halogens is 1. The van der Waals surface area contributed by atoms with E-state index in [1.54, 1.807) is 24.3 Å². The number of nitrogens with zero attached hydrogens (tertiary/aromatic N) is 3. The van der Waals surface area contributed by atoms with Gasteiger partial charge in [-0.25, -0.2) is 0 Å². The first-order chi connectivity index (χ1) is 9.08. The third kappa shape index (κ3) is 2.26. The zero-order chi connectivity index (χ0) is 14.0. The van der Waals surface area contributed by atoms with Gasteiger partial charge in [-0.2, -0.15) is 10.5 Å². The molecule has 0 saturated carbocycles. The molecule has 1 aromatic carbocycles. The number of nitriles is 2. The topological polar surface area (TPSA) is 97.8 Å².